The van der Waals surface area contributed by atoms with Crippen LogP contribution in [-0.2, 0) is 9.53 Å². The number of rotatable bonds is 5. The van der Waals surface area contributed by atoms with Gasteiger partial charge in [-0.05, 0) is 30.3 Å². The van der Waals surface area contributed by atoms with Crippen molar-refractivity contribution in [2.45, 2.75) is 6.92 Å². The average molecular weight is 356 g/mol. The fraction of sp³-hybridized carbons (Fsp3) is 0.211. The highest BCUT2D eigenvalue weighted by atomic mass is 16.5. The van der Waals surface area contributed by atoms with Gasteiger partial charge in [0, 0.05) is 44.0 Å². The summed E-state index contributed by atoms with van der Waals surface area (Å²) in [5.74, 6) is -1.76. The van der Waals surface area contributed by atoms with E-state index >= 15 is 0 Å². The number of phenols is 1. The van der Waals surface area contributed by atoms with Crippen LogP contribution in [0.2, 0.25) is 0 Å². The Kier molecular flexibility index (Phi) is 5.61. The van der Waals surface area contributed by atoms with E-state index in [0.29, 0.717) is 5.69 Å². The van der Waals surface area contributed by atoms with E-state index in [1.807, 2.05) is 14.1 Å². The molecule has 0 saturated heterocycles. The molecule has 0 saturated carbocycles. The van der Waals surface area contributed by atoms with Crippen molar-refractivity contribution in [3.05, 3.63) is 53.1 Å². The molecule has 2 N–H and O–H groups in total. The number of benzene rings is 2. The van der Waals surface area contributed by atoms with E-state index in [2.05, 4.69) is 5.32 Å². The molecule has 2 rings (SSSR count). The Labute approximate surface area is 151 Å². The van der Waals surface area contributed by atoms with E-state index in [0.717, 1.165) is 5.69 Å². The summed E-state index contributed by atoms with van der Waals surface area (Å²) >= 11 is 0. The van der Waals surface area contributed by atoms with Gasteiger partial charge in [0.2, 0.25) is 5.91 Å². The van der Waals surface area contributed by atoms with Crippen LogP contribution in [0.15, 0.2) is 36.4 Å². The number of esters is 1. The zero-order chi connectivity index (χ0) is 19.4. The van der Waals surface area contributed by atoms with Gasteiger partial charge in [0.05, 0.1) is 18.2 Å². The molecule has 2 aromatic rings. The minimum Gasteiger partial charge on any atom is -0.507 e. The average Bonchev–Trinajstić information content (AvgIpc) is 2.59. The molecule has 0 fully saturated rings. The third-order valence-electron chi connectivity index (χ3n) is 3.73. The van der Waals surface area contributed by atoms with Gasteiger partial charge in [-0.15, -0.1) is 0 Å². The SMILES string of the molecule is COC(=O)c1ccc(NC(C)=O)cc1C(=O)c1ccc(N(C)C)cc1O. The Bertz CT molecular complexity index is 874. The largest absolute Gasteiger partial charge is 0.507 e. The smallest absolute Gasteiger partial charge is 0.338 e. The lowest BCUT2D eigenvalue weighted by Crippen LogP contribution is -2.14. The molecule has 26 heavy (non-hydrogen) atoms. The van der Waals surface area contributed by atoms with Crippen LogP contribution < -0.4 is 10.2 Å². The number of hydrogen-bond acceptors (Lipinski definition) is 6. The summed E-state index contributed by atoms with van der Waals surface area (Å²) in [5.41, 5.74) is 1.19. The van der Waals surface area contributed by atoms with Crippen LogP contribution in [0, 0.1) is 0 Å². The number of phenolic OH excluding ortho intramolecular Hbond substituents is 1. The summed E-state index contributed by atoms with van der Waals surface area (Å²) in [5, 5.41) is 12.8. The molecule has 0 spiro atoms. The summed E-state index contributed by atoms with van der Waals surface area (Å²) in [7, 11) is 4.83. The Hall–Kier alpha value is -3.35. The first kappa shape index (κ1) is 19.0. The minimum atomic E-state index is -0.688. The highest BCUT2D eigenvalue weighted by Gasteiger charge is 2.22. The molecule has 0 aliphatic rings. The van der Waals surface area contributed by atoms with Gasteiger partial charge in [0.1, 0.15) is 5.75 Å². The van der Waals surface area contributed by atoms with Crippen LogP contribution in [0.3, 0.4) is 0 Å². The van der Waals surface area contributed by atoms with Crippen molar-refractivity contribution in [3.63, 3.8) is 0 Å². The van der Waals surface area contributed by atoms with Crippen molar-refractivity contribution in [1.29, 1.82) is 0 Å². The summed E-state index contributed by atoms with van der Waals surface area (Å²) in [6.45, 7) is 1.33. The van der Waals surface area contributed by atoms with E-state index in [1.165, 1.54) is 44.4 Å². The molecular weight excluding hydrogens is 336 g/mol. The van der Waals surface area contributed by atoms with Crippen molar-refractivity contribution in [1.82, 2.24) is 0 Å². The number of carbonyl (C=O) groups is 3. The number of ketones is 1. The van der Waals surface area contributed by atoms with Gasteiger partial charge < -0.3 is 20.1 Å². The monoisotopic (exact) mass is 356 g/mol. The van der Waals surface area contributed by atoms with E-state index < -0.39 is 11.8 Å². The summed E-state index contributed by atoms with van der Waals surface area (Å²) in [4.78, 5) is 38.0. The van der Waals surface area contributed by atoms with Crippen LogP contribution in [0.1, 0.15) is 33.2 Å². The van der Waals surface area contributed by atoms with Crippen molar-refractivity contribution in [2.75, 3.05) is 31.4 Å². The lowest BCUT2D eigenvalue weighted by atomic mass is 9.96. The second kappa shape index (κ2) is 7.69. The van der Waals surface area contributed by atoms with Gasteiger partial charge in [0.15, 0.2) is 5.78 Å². The Balaban J connectivity index is 2.55. The number of nitrogens with zero attached hydrogens (tertiary/aromatic N) is 1. The predicted molar refractivity (Wildman–Crippen MR) is 98.0 cm³/mol. The van der Waals surface area contributed by atoms with Crippen LogP contribution in [0.25, 0.3) is 0 Å². The second-order valence-corrected chi connectivity index (χ2v) is 5.86. The molecule has 0 bridgehead atoms. The number of methoxy groups -OCH3 is 1. The molecule has 1 amide bonds. The number of hydrogen-bond donors (Lipinski definition) is 2. The molecule has 2 aromatic carbocycles. The Morgan fingerprint density at radius 2 is 1.65 bits per heavy atom. The number of amides is 1. The van der Waals surface area contributed by atoms with Gasteiger partial charge >= 0.3 is 5.97 Å². The molecule has 0 atom stereocenters. The van der Waals surface area contributed by atoms with Crippen molar-refractivity contribution in [3.8, 4) is 5.75 Å². The standard InChI is InChI=1S/C19H20N2O5/c1-11(22)20-12-5-7-14(19(25)26-4)16(9-12)18(24)15-8-6-13(21(2)3)10-17(15)23/h5-10,23H,1-4H3,(H,20,22). The highest BCUT2D eigenvalue weighted by molar-refractivity contribution is 6.16. The number of anilines is 2. The fourth-order valence-electron chi connectivity index (χ4n) is 2.44. The van der Waals surface area contributed by atoms with Crippen molar-refractivity contribution >= 4 is 29.0 Å². The van der Waals surface area contributed by atoms with E-state index in [1.54, 1.807) is 11.0 Å². The molecule has 0 unspecified atom stereocenters. The molecular formula is C19H20N2O5. The normalized spacial score (nSPS) is 10.2. The van der Waals surface area contributed by atoms with E-state index in [9.17, 15) is 19.5 Å². The van der Waals surface area contributed by atoms with Gasteiger partial charge in [-0.2, -0.15) is 0 Å². The molecule has 0 heterocycles. The van der Waals surface area contributed by atoms with Crippen LogP contribution in [0.5, 0.6) is 5.75 Å². The Morgan fingerprint density at radius 1 is 1.00 bits per heavy atom. The molecule has 0 aromatic heterocycles. The fourth-order valence-corrected chi connectivity index (χ4v) is 2.44. The van der Waals surface area contributed by atoms with Crippen molar-refractivity contribution in [2.24, 2.45) is 0 Å². The van der Waals surface area contributed by atoms with E-state index in [4.69, 9.17) is 4.74 Å². The van der Waals surface area contributed by atoms with Gasteiger partial charge in [-0.1, -0.05) is 0 Å². The first-order valence-electron chi connectivity index (χ1n) is 7.79. The Morgan fingerprint density at radius 3 is 2.19 bits per heavy atom. The van der Waals surface area contributed by atoms with Crippen LogP contribution in [0.4, 0.5) is 11.4 Å². The maximum Gasteiger partial charge on any atom is 0.338 e. The molecule has 0 aliphatic heterocycles. The van der Waals surface area contributed by atoms with Crippen molar-refractivity contribution < 1.29 is 24.2 Å². The lowest BCUT2D eigenvalue weighted by molar-refractivity contribution is -0.114. The van der Waals surface area contributed by atoms with Gasteiger partial charge in [-0.3, -0.25) is 9.59 Å². The third-order valence-corrected chi connectivity index (χ3v) is 3.73. The molecule has 0 radical (unpaired) electrons. The summed E-state index contributed by atoms with van der Waals surface area (Å²) in [6, 6.07) is 8.91. The van der Waals surface area contributed by atoms with E-state index in [-0.39, 0.29) is 28.3 Å². The zero-order valence-electron chi connectivity index (χ0n) is 15.0. The maximum atomic E-state index is 12.9. The first-order valence-corrected chi connectivity index (χ1v) is 7.79. The first-order chi connectivity index (χ1) is 12.2. The number of aromatic hydroxyl groups is 1. The molecule has 136 valence electrons. The summed E-state index contributed by atoms with van der Waals surface area (Å²) < 4.78 is 4.72. The number of ether oxygens (including phenoxy) is 1. The molecule has 7 nitrogen and oxygen atoms in total. The topological polar surface area (TPSA) is 95.9 Å². The molecule has 7 heteroatoms. The number of carbonyl (C=O) groups excluding carboxylic acids is 3. The van der Waals surface area contributed by atoms with Gasteiger partial charge in [-0.25, -0.2) is 4.79 Å². The van der Waals surface area contributed by atoms with Crippen LogP contribution in [-0.4, -0.2) is 44.0 Å². The summed E-state index contributed by atoms with van der Waals surface area (Å²) in [6.07, 6.45) is 0. The lowest BCUT2D eigenvalue weighted by Gasteiger charge is -2.15. The quantitative estimate of drug-likeness (QED) is 0.631. The minimum absolute atomic E-state index is 0.0241. The predicted octanol–water partition coefficient (Wildman–Crippen LogP) is 2.43. The zero-order valence-corrected chi connectivity index (χ0v) is 15.0. The van der Waals surface area contributed by atoms with Crippen LogP contribution >= 0.6 is 0 Å². The highest BCUT2D eigenvalue weighted by Crippen LogP contribution is 2.28. The maximum absolute atomic E-state index is 12.9. The third kappa shape index (κ3) is 4.00. The second-order valence-electron chi connectivity index (χ2n) is 5.86. The number of nitrogens with one attached hydrogen (secondary N) is 1. The molecule has 0 aliphatic carbocycles. The van der Waals surface area contributed by atoms with Gasteiger partial charge in [0.25, 0.3) is 0 Å².